The van der Waals surface area contributed by atoms with Crippen LogP contribution in [0, 0.1) is 0 Å². The van der Waals surface area contributed by atoms with Crippen LogP contribution < -0.4 is 4.74 Å². The summed E-state index contributed by atoms with van der Waals surface area (Å²) in [6.07, 6.45) is 0. The van der Waals surface area contributed by atoms with Crippen LogP contribution in [0.25, 0.3) is 21.8 Å². The van der Waals surface area contributed by atoms with Crippen molar-refractivity contribution in [3.05, 3.63) is 60.0 Å². The lowest BCUT2D eigenvalue weighted by Crippen LogP contribution is -1.83. The maximum atomic E-state index is 5.16. The van der Waals surface area contributed by atoms with Gasteiger partial charge in [-0.25, -0.2) is 4.98 Å². The smallest absolute Gasteiger partial charge is 0.124 e. The molecule has 0 amide bonds. The molecule has 0 radical (unpaired) electrons. The summed E-state index contributed by atoms with van der Waals surface area (Å²) in [5.41, 5.74) is 3.28. The molecule has 3 heteroatoms. The minimum absolute atomic E-state index is 0.863. The van der Waals surface area contributed by atoms with E-state index in [4.69, 9.17) is 4.74 Å². The fourth-order valence-corrected chi connectivity index (χ4v) is 2.72. The molecule has 0 N–H and O–H groups in total. The van der Waals surface area contributed by atoms with Crippen LogP contribution in [0.3, 0.4) is 0 Å². The average molecular weight is 267 g/mol. The first kappa shape index (κ1) is 11.9. The molecule has 0 bridgehead atoms. The van der Waals surface area contributed by atoms with E-state index < -0.39 is 0 Å². The second kappa shape index (κ2) is 5.24. The van der Waals surface area contributed by atoms with E-state index >= 15 is 0 Å². The van der Waals surface area contributed by atoms with Crippen LogP contribution in [-0.2, 0) is 0 Å². The van der Waals surface area contributed by atoms with E-state index in [9.17, 15) is 0 Å². The Kier molecular flexibility index (Phi) is 3.29. The lowest BCUT2D eigenvalue weighted by molar-refractivity contribution is 0.415. The van der Waals surface area contributed by atoms with Gasteiger partial charge < -0.3 is 4.74 Å². The highest BCUT2D eigenvalue weighted by Gasteiger charge is 2.06. The van der Waals surface area contributed by atoms with Crippen molar-refractivity contribution in [1.29, 1.82) is 0 Å². The van der Waals surface area contributed by atoms with E-state index in [-0.39, 0.29) is 0 Å². The minimum atomic E-state index is 0.863. The number of rotatable bonds is 3. The van der Waals surface area contributed by atoms with Gasteiger partial charge in [0.25, 0.3) is 0 Å². The molecule has 1 aromatic heterocycles. The Labute approximate surface area is 116 Å². The molecule has 0 aliphatic heterocycles. The van der Waals surface area contributed by atoms with E-state index in [1.165, 1.54) is 0 Å². The SMILES string of the molecule is COc1ccc(-c2csc(-c3ccccc3)n2)cc1. The van der Waals surface area contributed by atoms with Gasteiger partial charge in [0.1, 0.15) is 10.8 Å². The first-order valence-electron chi connectivity index (χ1n) is 6.02. The van der Waals surface area contributed by atoms with Gasteiger partial charge in [0.2, 0.25) is 0 Å². The Bertz CT molecular complexity index is 659. The van der Waals surface area contributed by atoms with Crippen LogP contribution in [0.15, 0.2) is 60.0 Å². The third-order valence-corrected chi connectivity index (χ3v) is 3.80. The lowest BCUT2D eigenvalue weighted by Gasteiger charge is -2.00. The van der Waals surface area contributed by atoms with E-state index in [0.29, 0.717) is 0 Å². The zero-order valence-electron chi connectivity index (χ0n) is 10.5. The molecule has 1 heterocycles. The number of methoxy groups -OCH3 is 1. The van der Waals surface area contributed by atoms with Gasteiger partial charge in [-0.05, 0) is 24.3 Å². The maximum absolute atomic E-state index is 5.16. The summed E-state index contributed by atoms with van der Waals surface area (Å²) in [5.74, 6) is 0.863. The quantitative estimate of drug-likeness (QED) is 0.697. The number of nitrogens with zero attached hydrogens (tertiary/aromatic N) is 1. The topological polar surface area (TPSA) is 22.1 Å². The first-order chi connectivity index (χ1) is 9.36. The van der Waals surface area contributed by atoms with Crippen molar-refractivity contribution in [3.63, 3.8) is 0 Å². The maximum Gasteiger partial charge on any atom is 0.124 e. The number of thiazole rings is 1. The Morgan fingerprint density at radius 2 is 1.63 bits per heavy atom. The summed E-state index contributed by atoms with van der Waals surface area (Å²) in [6.45, 7) is 0. The number of hydrogen-bond acceptors (Lipinski definition) is 3. The summed E-state index contributed by atoms with van der Waals surface area (Å²) >= 11 is 1.67. The normalized spacial score (nSPS) is 10.4. The molecule has 0 saturated carbocycles. The van der Waals surface area contributed by atoms with Crippen molar-refractivity contribution < 1.29 is 4.74 Å². The zero-order valence-corrected chi connectivity index (χ0v) is 11.4. The first-order valence-corrected chi connectivity index (χ1v) is 6.90. The van der Waals surface area contributed by atoms with Crippen LogP contribution in [0.2, 0.25) is 0 Å². The van der Waals surface area contributed by atoms with Crippen LogP contribution in [0.1, 0.15) is 0 Å². The van der Waals surface area contributed by atoms with Crippen molar-refractivity contribution in [2.45, 2.75) is 0 Å². The minimum Gasteiger partial charge on any atom is -0.497 e. The second-order valence-corrected chi connectivity index (χ2v) is 4.99. The van der Waals surface area contributed by atoms with Crippen LogP contribution in [0.5, 0.6) is 5.75 Å². The van der Waals surface area contributed by atoms with Gasteiger partial charge in [-0.2, -0.15) is 0 Å². The predicted octanol–water partition coefficient (Wildman–Crippen LogP) is 4.49. The number of benzene rings is 2. The summed E-state index contributed by atoms with van der Waals surface area (Å²) in [6, 6.07) is 18.2. The third kappa shape index (κ3) is 2.51. The van der Waals surface area contributed by atoms with Gasteiger partial charge in [0, 0.05) is 16.5 Å². The summed E-state index contributed by atoms with van der Waals surface area (Å²) in [4.78, 5) is 4.68. The predicted molar refractivity (Wildman–Crippen MR) is 79.5 cm³/mol. The molecule has 0 aliphatic rings. The van der Waals surface area contributed by atoms with E-state index in [2.05, 4.69) is 22.5 Å². The van der Waals surface area contributed by atoms with Crippen molar-refractivity contribution >= 4 is 11.3 Å². The lowest BCUT2D eigenvalue weighted by atomic mass is 10.1. The largest absolute Gasteiger partial charge is 0.497 e. The molecule has 94 valence electrons. The monoisotopic (exact) mass is 267 g/mol. The summed E-state index contributed by atoms with van der Waals surface area (Å²) in [5, 5.41) is 3.14. The molecule has 0 unspecified atom stereocenters. The van der Waals surface area contributed by atoms with Gasteiger partial charge in [0.15, 0.2) is 0 Å². The fourth-order valence-electron chi connectivity index (χ4n) is 1.88. The number of aromatic nitrogens is 1. The van der Waals surface area contributed by atoms with E-state index in [1.807, 2.05) is 42.5 Å². The fraction of sp³-hybridized carbons (Fsp3) is 0.0625. The Morgan fingerprint density at radius 3 is 2.32 bits per heavy atom. The van der Waals surface area contributed by atoms with E-state index in [0.717, 1.165) is 27.6 Å². The van der Waals surface area contributed by atoms with Crippen LogP contribution >= 0.6 is 11.3 Å². The standard InChI is InChI=1S/C16H13NOS/c1-18-14-9-7-12(8-10-14)15-11-19-16(17-15)13-5-3-2-4-6-13/h2-11H,1H3. The zero-order chi connectivity index (χ0) is 13.1. The molecule has 19 heavy (non-hydrogen) atoms. The van der Waals surface area contributed by atoms with Gasteiger partial charge in [-0.15, -0.1) is 11.3 Å². The van der Waals surface area contributed by atoms with Gasteiger partial charge in [-0.1, -0.05) is 30.3 Å². The highest BCUT2D eigenvalue weighted by Crippen LogP contribution is 2.29. The molecule has 3 rings (SSSR count). The van der Waals surface area contributed by atoms with Gasteiger partial charge >= 0.3 is 0 Å². The Morgan fingerprint density at radius 1 is 0.895 bits per heavy atom. The molecule has 0 aliphatic carbocycles. The Balaban J connectivity index is 1.92. The molecule has 2 aromatic carbocycles. The molecular weight excluding hydrogens is 254 g/mol. The molecule has 0 atom stereocenters. The molecule has 0 saturated heterocycles. The van der Waals surface area contributed by atoms with Crippen LogP contribution in [-0.4, -0.2) is 12.1 Å². The number of ether oxygens (including phenoxy) is 1. The Hall–Kier alpha value is -2.13. The molecule has 0 fully saturated rings. The average Bonchev–Trinajstić information content (AvgIpc) is 2.98. The highest BCUT2D eigenvalue weighted by molar-refractivity contribution is 7.13. The molecule has 2 nitrogen and oxygen atoms in total. The van der Waals surface area contributed by atoms with E-state index in [1.54, 1.807) is 18.4 Å². The van der Waals surface area contributed by atoms with Crippen molar-refractivity contribution in [2.24, 2.45) is 0 Å². The number of hydrogen-bond donors (Lipinski definition) is 0. The van der Waals surface area contributed by atoms with Crippen molar-refractivity contribution in [1.82, 2.24) is 4.98 Å². The second-order valence-electron chi connectivity index (χ2n) is 4.13. The van der Waals surface area contributed by atoms with Crippen LogP contribution in [0.4, 0.5) is 0 Å². The summed E-state index contributed by atoms with van der Waals surface area (Å²) in [7, 11) is 1.67. The van der Waals surface area contributed by atoms with Crippen molar-refractivity contribution in [3.8, 4) is 27.6 Å². The third-order valence-electron chi connectivity index (χ3n) is 2.91. The molecular formula is C16H13NOS. The van der Waals surface area contributed by atoms with Gasteiger partial charge in [0.05, 0.1) is 12.8 Å². The summed E-state index contributed by atoms with van der Waals surface area (Å²) < 4.78 is 5.16. The molecule has 0 spiro atoms. The molecule has 3 aromatic rings. The van der Waals surface area contributed by atoms with Gasteiger partial charge in [-0.3, -0.25) is 0 Å². The highest BCUT2D eigenvalue weighted by atomic mass is 32.1. The van der Waals surface area contributed by atoms with Crippen molar-refractivity contribution in [2.75, 3.05) is 7.11 Å².